The third kappa shape index (κ3) is 2.88. The molecule has 26 heavy (non-hydrogen) atoms. The first-order valence-corrected chi connectivity index (χ1v) is 8.33. The Balaban J connectivity index is 2.30. The summed E-state index contributed by atoms with van der Waals surface area (Å²) in [6.07, 6.45) is 0. The molecule has 0 aliphatic rings. The van der Waals surface area contributed by atoms with Gasteiger partial charge in [-0.2, -0.15) is 0 Å². The van der Waals surface area contributed by atoms with Crippen molar-refractivity contribution in [2.75, 3.05) is 21.3 Å². The van der Waals surface area contributed by atoms with Crippen molar-refractivity contribution in [3.05, 3.63) is 50.6 Å². The Morgan fingerprint density at radius 1 is 0.923 bits per heavy atom. The fourth-order valence-corrected chi connectivity index (χ4v) is 3.16. The highest BCUT2D eigenvalue weighted by Crippen LogP contribution is 2.41. The molecule has 0 saturated heterocycles. The van der Waals surface area contributed by atoms with Gasteiger partial charge in [-0.05, 0) is 43.2 Å². The van der Waals surface area contributed by atoms with Crippen LogP contribution in [-0.4, -0.2) is 21.3 Å². The summed E-state index contributed by atoms with van der Waals surface area (Å²) in [6.45, 7) is 3.69. The summed E-state index contributed by atoms with van der Waals surface area (Å²) in [5.41, 5.74) is 2.53. The third-order valence-electron chi connectivity index (χ3n) is 4.32. The molecule has 136 valence electrons. The second kappa shape index (κ2) is 6.92. The maximum Gasteiger partial charge on any atom is 0.203 e. The fraction of sp³-hybridized carbons (Fsp3) is 0.250. The van der Waals surface area contributed by atoms with Gasteiger partial charge in [0.2, 0.25) is 5.75 Å². The van der Waals surface area contributed by atoms with Gasteiger partial charge < -0.3 is 18.6 Å². The Morgan fingerprint density at radius 3 is 2.08 bits per heavy atom. The van der Waals surface area contributed by atoms with Crippen LogP contribution in [0.3, 0.4) is 0 Å². The van der Waals surface area contributed by atoms with E-state index in [-0.39, 0.29) is 5.43 Å². The Hall–Kier alpha value is -2.66. The summed E-state index contributed by atoms with van der Waals surface area (Å²) in [7, 11) is 4.60. The lowest BCUT2D eigenvalue weighted by Crippen LogP contribution is -2.04. The molecule has 0 unspecified atom stereocenters. The van der Waals surface area contributed by atoms with Gasteiger partial charge in [0.25, 0.3) is 0 Å². The zero-order valence-corrected chi connectivity index (χ0v) is 16.0. The van der Waals surface area contributed by atoms with Gasteiger partial charge in [-0.15, -0.1) is 0 Å². The first-order chi connectivity index (χ1) is 12.4. The quantitative estimate of drug-likeness (QED) is 0.659. The first-order valence-electron chi connectivity index (χ1n) is 7.95. The van der Waals surface area contributed by atoms with Crippen LogP contribution in [-0.2, 0) is 0 Å². The topological polar surface area (TPSA) is 57.9 Å². The van der Waals surface area contributed by atoms with Crippen molar-refractivity contribution in [1.29, 1.82) is 0 Å². The molecule has 3 rings (SSSR count). The lowest BCUT2D eigenvalue weighted by molar-refractivity contribution is 0.324. The summed E-state index contributed by atoms with van der Waals surface area (Å²) < 4.78 is 22.1. The molecule has 0 spiro atoms. The number of fused-ring (bicyclic) bond motifs is 1. The average Bonchev–Trinajstić information content (AvgIpc) is 2.64. The van der Waals surface area contributed by atoms with Crippen molar-refractivity contribution in [1.82, 2.24) is 0 Å². The summed E-state index contributed by atoms with van der Waals surface area (Å²) in [6, 6.07) is 6.69. The van der Waals surface area contributed by atoms with E-state index < -0.39 is 0 Å². The normalized spacial score (nSPS) is 10.8. The van der Waals surface area contributed by atoms with Gasteiger partial charge in [-0.1, -0.05) is 11.6 Å². The van der Waals surface area contributed by atoms with Crippen LogP contribution >= 0.6 is 11.6 Å². The van der Waals surface area contributed by atoms with Crippen LogP contribution in [0.4, 0.5) is 0 Å². The highest BCUT2D eigenvalue weighted by molar-refractivity contribution is 6.33. The maximum atomic E-state index is 12.7. The van der Waals surface area contributed by atoms with Gasteiger partial charge in [0.1, 0.15) is 11.3 Å². The minimum Gasteiger partial charge on any atom is -0.493 e. The zero-order valence-electron chi connectivity index (χ0n) is 15.2. The molecule has 0 aliphatic heterocycles. The molecule has 5 nitrogen and oxygen atoms in total. The van der Waals surface area contributed by atoms with Gasteiger partial charge in [-0.25, -0.2) is 0 Å². The van der Waals surface area contributed by atoms with E-state index in [0.29, 0.717) is 50.1 Å². The van der Waals surface area contributed by atoms with E-state index in [4.69, 9.17) is 30.2 Å². The molecular formula is C20H19ClO5. The van der Waals surface area contributed by atoms with Crippen molar-refractivity contribution in [3.63, 3.8) is 0 Å². The monoisotopic (exact) mass is 374 g/mol. The molecule has 6 heteroatoms. The molecular weight excluding hydrogens is 356 g/mol. The Morgan fingerprint density at radius 2 is 1.54 bits per heavy atom. The van der Waals surface area contributed by atoms with Crippen molar-refractivity contribution in [2.45, 2.75) is 13.8 Å². The highest BCUT2D eigenvalue weighted by Gasteiger charge is 2.17. The molecule has 0 atom stereocenters. The second-order valence-electron chi connectivity index (χ2n) is 5.89. The van der Waals surface area contributed by atoms with Crippen LogP contribution in [0.15, 0.2) is 33.5 Å². The van der Waals surface area contributed by atoms with Crippen LogP contribution in [0, 0.1) is 13.8 Å². The number of benzene rings is 2. The van der Waals surface area contributed by atoms with Crippen LogP contribution in [0.2, 0.25) is 5.02 Å². The summed E-state index contributed by atoms with van der Waals surface area (Å²) >= 11 is 6.27. The molecule has 0 bridgehead atoms. The minimum atomic E-state index is -0.158. The average molecular weight is 375 g/mol. The maximum absolute atomic E-state index is 12.7. The third-order valence-corrected chi connectivity index (χ3v) is 4.90. The van der Waals surface area contributed by atoms with Gasteiger partial charge in [-0.3, -0.25) is 4.79 Å². The summed E-state index contributed by atoms with van der Waals surface area (Å²) in [5.74, 6) is 1.84. The summed E-state index contributed by atoms with van der Waals surface area (Å²) in [5, 5.41) is 1.06. The number of halogens is 1. The standard InChI is InChI=1S/C20H19ClO5/c1-10-6-15-18(11(2)19(10)21)13(22)9-14(26-15)12-7-16(23-3)20(25-5)17(8-12)24-4/h6-9H,1-5H3. The number of ether oxygens (including phenoxy) is 3. The van der Waals surface area contributed by atoms with E-state index in [1.807, 2.05) is 13.8 Å². The Kier molecular flexibility index (Phi) is 4.83. The molecule has 1 aromatic heterocycles. The van der Waals surface area contributed by atoms with Gasteiger partial charge in [0, 0.05) is 16.7 Å². The van der Waals surface area contributed by atoms with Crippen molar-refractivity contribution in [3.8, 4) is 28.6 Å². The second-order valence-corrected chi connectivity index (χ2v) is 6.27. The number of hydrogen-bond acceptors (Lipinski definition) is 5. The summed E-state index contributed by atoms with van der Waals surface area (Å²) in [4.78, 5) is 12.7. The van der Waals surface area contributed by atoms with Crippen LogP contribution < -0.4 is 19.6 Å². The smallest absolute Gasteiger partial charge is 0.203 e. The van der Waals surface area contributed by atoms with E-state index in [2.05, 4.69) is 0 Å². The molecule has 0 N–H and O–H groups in total. The fourth-order valence-electron chi connectivity index (χ4n) is 3.01. The van der Waals surface area contributed by atoms with E-state index in [9.17, 15) is 4.79 Å². The van der Waals surface area contributed by atoms with E-state index >= 15 is 0 Å². The van der Waals surface area contributed by atoms with Crippen LogP contribution in [0.25, 0.3) is 22.3 Å². The lowest BCUT2D eigenvalue weighted by atomic mass is 10.0. The SMILES string of the molecule is COc1cc(-c2cc(=O)c3c(C)c(Cl)c(C)cc3o2)cc(OC)c1OC. The van der Waals surface area contributed by atoms with Crippen molar-refractivity contribution < 1.29 is 18.6 Å². The van der Waals surface area contributed by atoms with Gasteiger partial charge >= 0.3 is 0 Å². The molecule has 0 amide bonds. The van der Waals surface area contributed by atoms with Crippen LogP contribution in [0.1, 0.15) is 11.1 Å². The van der Waals surface area contributed by atoms with Crippen LogP contribution in [0.5, 0.6) is 17.2 Å². The number of aryl methyl sites for hydroxylation is 2. The predicted octanol–water partition coefficient (Wildman–Crippen LogP) is 4.76. The molecule has 2 aromatic carbocycles. The Labute approximate surface area is 156 Å². The van der Waals surface area contributed by atoms with E-state index in [1.165, 1.54) is 27.4 Å². The minimum absolute atomic E-state index is 0.158. The lowest BCUT2D eigenvalue weighted by Gasteiger charge is -2.14. The number of rotatable bonds is 4. The molecule has 0 fully saturated rings. The van der Waals surface area contributed by atoms with Gasteiger partial charge in [0.15, 0.2) is 16.9 Å². The molecule has 0 aliphatic carbocycles. The molecule has 0 radical (unpaired) electrons. The molecule has 0 saturated carbocycles. The highest BCUT2D eigenvalue weighted by atomic mass is 35.5. The predicted molar refractivity (Wildman–Crippen MR) is 102 cm³/mol. The first kappa shape index (κ1) is 18.1. The van der Waals surface area contributed by atoms with E-state index in [1.54, 1.807) is 18.2 Å². The van der Waals surface area contributed by atoms with Crippen molar-refractivity contribution in [2.24, 2.45) is 0 Å². The molecule has 1 heterocycles. The number of methoxy groups -OCH3 is 3. The molecule has 3 aromatic rings. The van der Waals surface area contributed by atoms with Gasteiger partial charge in [0.05, 0.1) is 26.7 Å². The van der Waals surface area contributed by atoms with E-state index in [0.717, 1.165) is 5.56 Å². The number of hydrogen-bond donors (Lipinski definition) is 0. The zero-order chi connectivity index (χ0) is 19.0. The Bertz CT molecular complexity index is 1030. The largest absolute Gasteiger partial charge is 0.493 e. The van der Waals surface area contributed by atoms with Crippen molar-refractivity contribution >= 4 is 22.6 Å².